The molecule has 5 nitrogen and oxygen atoms in total. The lowest BCUT2D eigenvalue weighted by Gasteiger charge is -2.22. The third-order valence-corrected chi connectivity index (χ3v) is 6.09. The number of phosphoric acid groups is 1. The summed E-state index contributed by atoms with van der Waals surface area (Å²) < 4.78 is 21.4. The SMILES string of the molecule is CCCCCCCCCCCCCCCCOP(=O)([O-])OCCCCCCN. The maximum absolute atomic E-state index is 11.6. The van der Waals surface area contributed by atoms with Gasteiger partial charge in [-0.1, -0.05) is 103 Å². The Morgan fingerprint density at radius 2 is 0.929 bits per heavy atom. The topological polar surface area (TPSA) is 84.6 Å². The fourth-order valence-corrected chi connectivity index (χ4v) is 4.07. The largest absolute Gasteiger partial charge is 0.756 e. The second-order valence-corrected chi connectivity index (χ2v) is 9.32. The molecule has 0 saturated heterocycles. The van der Waals surface area contributed by atoms with Gasteiger partial charge < -0.3 is 19.7 Å². The highest BCUT2D eigenvalue weighted by atomic mass is 31.2. The molecule has 170 valence electrons. The molecule has 0 fully saturated rings. The Labute approximate surface area is 174 Å². The Bertz CT molecular complexity index is 355. The molecule has 0 aromatic heterocycles. The highest BCUT2D eigenvalue weighted by molar-refractivity contribution is 7.45. The van der Waals surface area contributed by atoms with Crippen LogP contribution in [0.2, 0.25) is 0 Å². The zero-order valence-electron chi connectivity index (χ0n) is 18.5. The highest BCUT2D eigenvalue weighted by Crippen LogP contribution is 2.38. The van der Waals surface area contributed by atoms with Crippen molar-refractivity contribution in [2.75, 3.05) is 19.8 Å². The molecule has 28 heavy (non-hydrogen) atoms. The van der Waals surface area contributed by atoms with Gasteiger partial charge in [-0.3, -0.25) is 4.57 Å². The van der Waals surface area contributed by atoms with Gasteiger partial charge in [0.05, 0.1) is 13.2 Å². The summed E-state index contributed by atoms with van der Waals surface area (Å²) >= 11 is 0. The van der Waals surface area contributed by atoms with E-state index in [4.69, 9.17) is 14.8 Å². The normalized spacial score (nSPS) is 13.7. The van der Waals surface area contributed by atoms with Crippen molar-refractivity contribution in [3.63, 3.8) is 0 Å². The van der Waals surface area contributed by atoms with Crippen LogP contribution in [0.1, 0.15) is 122 Å². The van der Waals surface area contributed by atoms with Crippen molar-refractivity contribution in [2.45, 2.75) is 122 Å². The van der Waals surface area contributed by atoms with Crippen LogP contribution in [0, 0.1) is 0 Å². The minimum atomic E-state index is -4.11. The fourth-order valence-electron chi connectivity index (χ4n) is 3.29. The van der Waals surface area contributed by atoms with Gasteiger partial charge in [-0.2, -0.15) is 0 Å². The molecule has 0 heterocycles. The lowest BCUT2D eigenvalue weighted by atomic mass is 10.0. The van der Waals surface area contributed by atoms with E-state index < -0.39 is 7.82 Å². The molecule has 0 aliphatic heterocycles. The molecule has 1 unspecified atom stereocenters. The average Bonchev–Trinajstić information content (AvgIpc) is 2.67. The number of unbranched alkanes of at least 4 members (excludes halogenated alkanes) is 16. The van der Waals surface area contributed by atoms with Gasteiger partial charge in [0, 0.05) is 0 Å². The van der Waals surface area contributed by atoms with E-state index in [1.807, 2.05) is 0 Å². The Kier molecular flexibility index (Phi) is 21.8. The van der Waals surface area contributed by atoms with Gasteiger partial charge in [-0.25, -0.2) is 0 Å². The predicted molar refractivity (Wildman–Crippen MR) is 117 cm³/mol. The zero-order valence-corrected chi connectivity index (χ0v) is 19.4. The Balaban J connectivity index is 3.26. The Morgan fingerprint density at radius 1 is 0.607 bits per heavy atom. The lowest BCUT2D eigenvalue weighted by molar-refractivity contribution is -0.225. The number of hydrogen-bond acceptors (Lipinski definition) is 5. The van der Waals surface area contributed by atoms with Crippen LogP contribution < -0.4 is 10.6 Å². The van der Waals surface area contributed by atoms with Crippen LogP contribution in [-0.4, -0.2) is 19.8 Å². The molecular weight excluding hydrogens is 373 g/mol. The minimum absolute atomic E-state index is 0.212. The van der Waals surface area contributed by atoms with Gasteiger partial charge in [0.2, 0.25) is 0 Å². The van der Waals surface area contributed by atoms with Crippen LogP contribution in [0.3, 0.4) is 0 Å². The molecule has 0 spiro atoms. The summed E-state index contributed by atoms with van der Waals surface area (Å²) in [5.41, 5.74) is 5.41. The van der Waals surface area contributed by atoms with Crippen molar-refractivity contribution >= 4 is 7.82 Å². The van der Waals surface area contributed by atoms with Crippen molar-refractivity contribution in [1.82, 2.24) is 0 Å². The second kappa shape index (κ2) is 21.8. The van der Waals surface area contributed by atoms with Crippen LogP contribution >= 0.6 is 7.82 Å². The van der Waals surface area contributed by atoms with Crippen LogP contribution in [0.5, 0.6) is 0 Å². The van der Waals surface area contributed by atoms with Crippen molar-refractivity contribution in [3.05, 3.63) is 0 Å². The van der Waals surface area contributed by atoms with E-state index in [2.05, 4.69) is 6.92 Å². The molecule has 0 rings (SSSR count). The van der Waals surface area contributed by atoms with Gasteiger partial charge in [0.25, 0.3) is 7.82 Å². The highest BCUT2D eigenvalue weighted by Gasteiger charge is 2.08. The van der Waals surface area contributed by atoms with Gasteiger partial charge in [-0.05, 0) is 25.8 Å². The molecule has 0 bridgehead atoms. The molecular formula is C22H47NO4P-. The number of hydrogen-bond donors (Lipinski definition) is 1. The van der Waals surface area contributed by atoms with E-state index in [-0.39, 0.29) is 13.2 Å². The standard InChI is InChI=1S/C22H48NO4P/c1-2-3-4-5-6-7-8-9-10-11-12-13-15-18-21-26-28(24,25)27-22-19-16-14-17-20-23/h2-23H2,1H3,(H,24,25)/p-1. The van der Waals surface area contributed by atoms with Crippen molar-refractivity contribution in [2.24, 2.45) is 5.73 Å². The molecule has 0 amide bonds. The summed E-state index contributed by atoms with van der Waals surface area (Å²) in [6, 6.07) is 0. The lowest BCUT2D eigenvalue weighted by Crippen LogP contribution is -2.10. The molecule has 0 aromatic carbocycles. The van der Waals surface area contributed by atoms with E-state index in [0.717, 1.165) is 44.9 Å². The first-order valence-electron chi connectivity index (χ1n) is 11.9. The molecule has 0 aliphatic carbocycles. The summed E-state index contributed by atoms with van der Waals surface area (Å²) in [5, 5.41) is 0. The van der Waals surface area contributed by atoms with E-state index in [1.54, 1.807) is 0 Å². The first kappa shape index (κ1) is 28.1. The van der Waals surface area contributed by atoms with Gasteiger partial charge >= 0.3 is 0 Å². The fraction of sp³-hybridized carbons (Fsp3) is 1.00. The van der Waals surface area contributed by atoms with E-state index >= 15 is 0 Å². The number of nitrogens with two attached hydrogens (primary N) is 1. The Morgan fingerprint density at radius 3 is 1.29 bits per heavy atom. The summed E-state index contributed by atoms with van der Waals surface area (Å²) in [5.74, 6) is 0. The predicted octanol–water partition coefficient (Wildman–Crippen LogP) is 6.49. The molecule has 0 saturated carbocycles. The van der Waals surface area contributed by atoms with Crippen LogP contribution in [0.25, 0.3) is 0 Å². The van der Waals surface area contributed by atoms with Gasteiger partial charge in [-0.15, -0.1) is 0 Å². The molecule has 2 N–H and O–H groups in total. The third-order valence-electron chi connectivity index (χ3n) is 5.10. The number of phosphoric ester groups is 1. The molecule has 0 radical (unpaired) electrons. The maximum Gasteiger partial charge on any atom is 0.267 e. The summed E-state index contributed by atoms with van der Waals surface area (Å²) in [6.07, 6.45) is 21.6. The van der Waals surface area contributed by atoms with Crippen LogP contribution in [0.15, 0.2) is 0 Å². The summed E-state index contributed by atoms with van der Waals surface area (Å²) in [4.78, 5) is 11.6. The van der Waals surface area contributed by atoms with E-state index in [9.17, 15) is 9.46 Å². The smallest absolute Gasteiger partial charge is 0.267 e. The number of rotatable bonds is 23. The quantitative estimate of drug-likeness (QED) is 0.151. The zero-order chi connectivity index (χ0) is 20.8. The van der Waals surface area contributed by atoms with Crippen molar-refractivity contribution < 1.29 is 18.5 Å². The molecule has 6 heteroatoms. The monoisotopic (exact) mass is 420 g/mol. The van der Waals surface area contributed by atoms with Gasteiger partial charge in [0.15, 0.2) is 0 Å². The Hall–Kier alpha value is 0.0700. The van der Waals surface area contributed by atoms with Gasteiger partial charge in [0.1, 0.15) is 0 Å². The second-order valence-electron chi connectivity index (χ2n) is 7.91. The molecule has 0 aliphatic rings. The van der Waals surface area contributed by atoms with Crippen molar-refractivity contribution in [1.29, 1.82) is 0 Å². The van der Waals surface area contributed by atoms with Crippen molar-refractivity contribution in [3.8, 4) is 0 Å². The average molecular weight is 421 g/mol. The summed E-state index contributed by atoms with van der Waals surface area (Å²) in [6.45, 7) is 3.40. The first-order valence-corrected chi connectivity index (χ1v) is 13.4. The summed E-state index contributed by atoms with van der Waals surface area (Å²) in [7, 11) is -4.11. The molecule has 0 aromatic rings. The van der Waals surface area contributed by atoms with Crippen LogP contribution in [-0.2, 0) is 13.6 Å². The van der Waals surface area contributed by atoms with E-state index in [1.165, 1.54) is 70.6 Å². The minimum Gasteiger partial charge on any atom is -0.756 e. The maximum atomic E-state index is 11.6. The van der Waals surface area contributed by atoms with Crippen LogP contribution in [0.4, 0.5) is 0 Å². The first-order chi connectivity index (χ1) is 13.6. The third kappa shape index (κ3) is 22.4. The van der Waals surface area contributed by atoms with E-state index in [0.29, 0.717) is 6.54 Å². The molecule has 1 atom stereocenters.